The van der Waals surface area contributed by atoms with Gasteiger partial charge in [-0.3, -0.25) is 4.99 Å². The fraction of sp³-hybridized carbons (Fsp3) is 0.588. The van der Waals surface area contributed by atoms with Gasteiger partial charge in [-0.25, -0.2) is 0 Å². The molecule has 0 radical (unpaired) electrons. The van der Waals surface area contributed by atoms with Gasteiger partial charge >= 0.3 is 0 Å². The number of guanidine groups is 1. The summed E-state index contributed by atoms with van der Waals surface area (Å²) in [6, 6.07) is 8.09. The van der Waals surface area contributed by atoms with E-state index in [-0.39, 0.29) is 24.0 Å². The lowest BCUT2D eigenvalue weighted by molar-refractivity contribution is 0.0487. The van der Waals surface area contributed by atoms with Crippen molar-refractivity contribution in [2.45, 2.75) is 51.6 Å². The van der Waals surface area contributed by atoms with E-state index in [1.54, 1.807) is 0 Å². The van der Waals surface area contributed by atoms with Gasteiger partial charge in [0.05, 0.1) is 19.3 Å². The maximum absolute atomic E-state index is 5.89. The third-order valence-electron chi connectivity index (χ3n) is 3.85. The largest absolute Gasteiger partial charge is 0.376 e. The number of halogens is 1. The monoisotopic (exact) mass is 417 g/mol. The molecule has 124 valence electrons. The summed E-state index contributed by atoms with van der Waals surface area (Å²) in [5.74, 6) is 0.448. The van der Waals surface area contributed by atoms with Gasteiger partial charge in [-0.15, -0.1) is 24.0 Å². The Kier molecular flexibility index (Phi) is 9.47. The minimum Gasteiger partial charge on any atom is -0.376 e. The number of rotatable bonds is 5. The summed E-state index contributed by atoms with van der Waals surface area (Å²) in [6.07, 6.45) is 8.11. The molecule has 1 aliphatic rings. The molecule has 1 aromatic rings. The fourth-order valence-electron chi connectivity index (χ4n) is 2.62. The Bertz CT molecular complexity index is 440. The van der Waals surface area contributed by atoms with Gasteiger partial charge in [0, 0.05) is 5.69 Å². The lowest BCUT2D eigenvalue weighted by atomic mass is 10.1. The Labute approximate surface area is 150 Å². The van der Waals surface area contributed by atoms with Crippen LogP contribution in [0.2, 0.25) is 0 Å². The highest BCUT2D eigenvalue weighted by atomic mass is 127. The van der Waals surface area contributed by atoms with Crippen LogP contribution in [0.5, 0.6) is 0 Å². The van der Waals surface area contributed by atoms with Crippen molar-refractivity contribution < 1.29 is 4.74 Å². The molecule has 0 amide bonds. The predicted molar refractivity (Wildman–Crippen MR) is 104 cm³/mol. The van der Waals surface area contributed by atoms with Crippen LogP contribution in [0, 0.1) is 6.92 Å². The van der Waals surface area contributed by atoms with Crippen molar-refractivity contribution in [3.8, 4) is 0 Å². The second-order valence-electron chi connectivity index (χ2n) is 5.74. The molecule has 0 atom stereocenters. The minimum absolute atomic E-state index is 0. The Hall–Kier alpha value is -0.820. The molecule has 0 aromatic heterocycles. The summed E-state index contributed by atoms with van der Waals surface area (Å²) in [4.78, 5) is 4.31. The first kappa shape index (κ1) is 19.2. The van der Waals surface area contributed by atoms with Crippen LogP contribution in [-0.4, -0.2) is 25.2 Å². The highest BCUT2D eigenvalue weighted by Crippen LogP contribution is 2.19. The maximum Gasteiger partial charge on any atom is 0.193 e. The van der Waals surface area contributed by atoms with E-state index in [2.05, 4.69) is 17.2 Å². The van der Waals surface area contributed by atoms with E-state index in [4.69, 9.17) is 10.5 Å². The van der Waals surface area contributed by atoms with Gasteiger partial charge in [-0.1, -0.05) is 43.4 Å². The summed E-state index contributed by atoms with van der Waals surface area (Å²) in [7, 11) is 0. The third-order valence-corrected chi connectivity index (χ3v) is 3.85. The van der Waals surface area contributed by atoms with Gasteiger partial charge < -0.3 is 15.8 Å². The van der Waals surface area contributed by atoms with E-state index in [9.17, 15) is 0 Å². The van der Waals surface area contributed by atoms with Gasteiger partial charge in [-0.2, -0.15) is 0 Å². The number of benzene rings is 1. The number of aliphatic imine (C=N–C) groups is 1. The molecule has 0 unspecified atom stereocenters. The summed E-state index contributed by atoms with van der Waals surface area (Å²) in [5, 5.41) is 3.09. The summed E-state index contributed by atoms with van der Waals surface area (Å²) in [5.41, 5.74) is 8.07. The average molecular weight is 417 g/mol. The molecule has 4 nitrogen and oxygen atoms in total. The van der Waals surface area contributed by atoms with Crippen molar-refractivity contribution >= 4 is 35.6 Å². The van der Waals surface area contributed by atoms with Gasteiger partial charge in [0.25, 0.3) is 0 Å². The molecule has 0 bridgehead atoms. The molecule has 5 heteroatoms. The minimum atomic E-state index is 0. The molecular formula is C17H28IN3O. The summed E-state index contributed by atoms with van der Waals surface area (Å²) < 4.78 is 5.89. The summed E-state index contributed by atoms with van der Waals surface area (Å²) in [6.45, 7) is 3.33. The molecule has 22 heavy (non-hydrogen) atoms. The van der Waals surface area contributed by atoms with E-state index in [1.165, 1.54) is 44.1 Å². The van der Waals surface area contributed by atoms with Crippen LogP contribution in [0.1, 0.15) is 44.1 Å². The summed E-state index contributed by atoms with van der Waals surface area (Å²) >= 11 is 0. The highest BCUT2D eigenvalue weighted by Gasteiger charge is 2.11. The SMILES string of the molecule is Cc1ccc(NC(N)=NCCOC2CCCCCC2)cc1.I. The lowest BCUT2D eigenvalue weighted by Gasteiger charge is -2.14. The predicted octanol–water partition coefficient (Wildman–Crippen LogP) is 4.08. The number of aryl methyl sites for hydroxylation is 1. The zero-order chi connectivity index (χ0) is 14.9. The van der Waals surface area contributed by atoms with Crippen LogP contribution in [0.25, 0.3) is 0 Å². The van der Waals surface area contributed by atoms with E-state index in [1.807, 2.05) is 24.3 Å². The van der Waals surface area contributed by atoms with E-state index in [0.717, 1.165) is 5.69 Å². The van der Waals surface area contributed by atoms with Gasteiger partial charge in [0.2, 0.25) is 0 Å². The van der Waals surface area contributed by atoms with Crippen molar-refractivity contribution in [3.63, 3.8) is 0 Å². The Balaban J connectivity index is 0.00000242. The first-order valence-corrected chi connectivity index (χ1v) is 7.99. The molecular weight excluding hydrogens is 389 g/mol. The van der Waals surface area contributed by atoms with Gasteiger partial charge in [0.15, 0.2) is 5.96 Å². The molecule has 0 spiro atoms. The van der Waals surface area contributed by atoms with E-state index in [0.29, 0.717) is 25.2 Å². The average Bonchev–Trinajstić information content (AvgIpc) is 2.75. The molecule has 1 fully saturated rings. The Morgan fingerprint density at radius 2 is 1.82 bits per heavy atom. The normalized spacial score (nSPS) is 16.7. The van der Waals surface area contributed by atoms with Crippen molar-refractivity contribution in [2.75, 3.05) is 18.5 Å². The second-order valence-corrected chi connectivity index (χ2v) is 5.74. The number of hydrogen-bond donors (Lipinski definition) is 2. The molecule has 0 aliphatic heterocycles. The number of nitrogens with two attached hydrogens (primary N) is 1. The van der Waals surface area contributed by atoms with Gasteiger partial charge in [0.1, 0.15) is 0 Å². The molecule has 1 aromatic carbocycles. The molecule has 1 aliphatic carbocycles. The van der Waals surface area contributed by atoms with Gasteiger partial charge in [-0.05, 0) is 31.9 Å². The number of nitrogens with one attached hydrogen (secondary N) is 1. The smallest absolute Gasteiger partial charge is 0.193 e. The topological polar surface area (TPSA) is 59.6 Å². The molecule has 1 saturated carbocycles. The van der Waals surface area contributed by atoms with Crippen LogP contribution in [-0.2, 0) is 4.74 Å². The van der Waals surface area contributed by atoms with Crippen molar-refractivity contribution in [1.29, 1.82) is 0 Å². The van der Waals surface area contributed by atoms with Crippen LogP contribution < -0.4 is 11.1 Å². The lowest BCUT2D eigenvalue weighted by Crippen LogP contribution is -2.23. The molecule has 0 saturated heterocycles. The van der Waals surface area contributed by atoms with Crippen LogP contribution in [0.3, 0.4) is 0 Å². The second kappa shape index (κ2) is 10.8. The van der Waals surface area contributed by atoms with Crippen molar-refractivity contribution in [3.05, 3.63) is 29.8 Å². The van der Waals surface area contributed by atoms with Crippen LogP contribution in [0.15, 0.2) is 29.3 Å². The molecule has 3 N–H and O–H groups in total. The zero-order valence-corrected chi connectivity index (χ0v) is 15.7. The van der Waals surface area contributed by atoms with Crippen LogP contribution >= 0.6 is 24.0 Å². The number of anilines is 1. The quantitative estimate of drug-likeness (QED) is 0.250. The number of nitrogens with zero attached hydrogens (tertiary/aromatic N) is 1. The van der Waals surface area contributed by atoms with Crippen molar-refractivity contribution in [2.24, 2.45) is 10.7 Å². The Morgan fingerprint density at radius 3 is 2.45 bits per heavy atom. The fourth-order valence-corrected chi connectivity index (χ4v) is 2.62. The number of hydrogen-bond acceptors (Lipinski definition) is 2. The molecule has 2 rings (SSSR count). The standard InChI is InChI=1S/C17H27N3O.HI/c1-14-8-10-15(11-9-14)20-17(18)19-12-13-21-16-6-4-2-3-5-7-16;/h8-11,16H,2-7,12-13H2,1H3,(H3,18,19,20);1H. The molecule has 0 heterocycles. The highest BCUT2D eigenvalue weighted by molar-refractivity contribution is 14.0. The first-order chi connectivity index (χ1) is 10.2. The van der Waals surface area contributed by atoms with E-state index >= 15 is 0 Å². The third kappa shape index (κ3) is 7.45. The Morgan fingerprint density at radius 1 is 1.18 bits per heavy atom. The first-order valence-electron chi connectivity index (χ1n) is 7.99. The number of ether oxygens (including phenoxy) is 1. The maximum atomic E-state index is 5.89. The van der Waals surface area contributed by atoms with Crippen molar-refractivity contribution in [1.82, 2.24) is 0 Å². The zero-order valence-electron chi connectivity index (χ0n) is 13.4. The van der Waals surface area contributed by atoms with E-state index < -0.39 is 0 Å². The van der Waals surface area contributed by atoms with Crippen LogP contribution in [0.4, 0.5) is 5.69 Å².